The molecule has 0 amide bonds. The third-order valence-corrected chi connectivity index (χ3v) is 3.22. The highest BCUT2D eigenvalue weighted by Crippen LogP contribution is 2.19. The molecular formula is C22H18N6O. The van der Waals surface area contributed by atoms with Crippen LogP contribution in [-0.4, -0.2) is 6.21 Å². The van der Waals surface area contributed by atoms with Crippen molar-refractivity contribution in [3.05, 3.63) is 108 Å². The fourth-order valence-corrected chi connectivity index (χ4v) is 1.93. The van der Waals surface area contributed by atoms with Crippen LogP contribution in [0.15, 0.2) is 129 Å². The van der Waals surface area contributed by atoms with Gasteiger partial charge in [0.05, 0.1) is 23.1 Å². The molecule has 0 saturated carbocycles. The molecule has 29 heavy (non-hydrogen) atoms. The van der Waals surface area contributed by atoms with Crippen LogP contribution >= 0.6 is 0 Å². The molecule has 0 aliphatic carbocycles. The summed E-state index contributed by atoms with van der Waals surface area (Å²) in [5, 5.41) is 26.6. The minimum absolute atomic E-state index is 0.520. The third-order valence-electron chi connectivity index (χ3n) is 3.22. The second-order valence-corrected chi connectivity index (χ2v) is 5.24. The second kappa shape index (κ2) is 13.7. The predicted molar refractivity (Wildman–Crippen MR) is 114 cm³/mol. The van der Waals surface area contributed by atoms with Crippen molar-refractivity contribution >= 4 is 12.3 Å². The van der Waals surface area contributed by atoms with E-state index in [1.807, 2.05) is 60.7 Å². The van der Waals surface area contributed by atoms with Gasteiger partial charge in [0.15, 0.2) is 5.75 Å². The number of fused-ring (bicyclic) bond motifs is 1. The van der Waals surface area contributed by atoms with E-state index in [4.69, 9.17) is 10.1 Å². The molecule has 142 valence electrons. The summed E-state index contributed by atoms with van der Waals surface area (Å²) in [5.41, 5.74) is 1.35. The number of nitrogens with zero attached hydrogens (tertiary/aromatic N) is 6. The Morgan fingerprint density at radius 2 is 1.45 bits per heavy atom. The van der Waals surface area contributed by atoms with Crippen LogP contribution in [0.25, 0.3) is 6.08 Å². The lowest BCUT2D eigenvalue weighted by molar-refractivity contribution is 0.303. The molecule has 7 heteroatoms. The quantitative estimate of drug-likeness (QED) is 0.546. The maximum Gasteiger partial charge on any atom is 0.167 e. The number of benzene rings is 1. The van der Waals surface area contributed by atoms with Crippen LogP contribution in [0.1, 0.15) is 5.56 Å². The summed E-state index contributed by atoms with van der Waals surface area (Å²) in [6.45, 7) is 0. The molecule has 0 N–H and O–H groups in total. The zero-order valence-corrected chi connectivity index (χ0v) is 15.5. The summed E-state index contributed by atoms with van der Waals surface area (Å²) >= 11 is 0. The van der Waals surface area contributed by atoms with Crippen LogP contribution in [0, 0.1) is 11.3 Å². The molecule has 2 rings (SSSR count). The first-order chi connectivity index (χ1) is 14.4. The first kappa shape index (κ1) is 20.9. The van der Waals surface area contributed by atoms with Gasteiger partial charge in [0.2, 0.25) is 0 Å². The van der Waals surface area contributed by atoms with Crippen molar-refractivity contribution < 1.29 is 4.84 Å². The molecule has 0 aromatic heterocycles. The molecule has 0 atom stereocenters. The van der Waals surface area contributed by atoms with Gasteiger partial charge in [-0.25, -0.2) is 0 Å². The predicted octanol–water partition coefficient (Wildman–Crippen LogP) is 6.04. The fraction of sp³-hybridized carbons (Fsp3) is 0. The van der Waals surface area contributed by atoms with Crippen molar-refractivity contribution in [1.82, 2.24) is 0 Å². The average Bonchev–Trinajstić information content (AvgIpc) is 2.75. The summed E-state index contributed by atoms with van der Waals surface area (Å²) in [6.07, 6.45) is 24.8. The van der Waals surface area contributed by atoms with Gasteiger partial charge in [0.25, 0.3) is 0 Å². The van der Waals surface area contributed by atoms with Crippen LogP contribution in [0.4, 0.5) is 0 Å². The molecule has 0 bridgehead atoms. The molecule has 0 spiro atoms. The first-order valence-electron chi connectivity index (χ1n) is 8.61. The molecule has 1 aliphatic heterocycles. The second-order valence-electron chi connectivity index (χ2n) is 5.24. The van der Waals surface area contributed by atoms with E-state index in [-0.39, 0.29) is 0 Å². The van der Waals surface area contributed by atoms with E-state index in [0.717, 1.165) is 5.56 Å². The maximum absolute atomic E-state index is 9.10. The van der Waals surface area contributed by atoms with Crippen LogP contribution in [-0.2, 0) is 0 Å². The molecular weight excluding hydrogens is 364 g/mol. The summed E-state index contributed by atoms with van der Waals surface area (Å²) < 4.78 is 0. The van der Waals surface area contributed by atoms with Crippen molar-refractivity contribution in [2.75, 3.05) is 0 Å². The van der Waals surface area contributed by atoms with E-state index < -0.39 is 0 Å². The Morgan fingerprint density at radius 1 is 0.724 bits per heavy atom. The van der Waals surface area contributed by atoms with Crippen molar-refractivity contribution in [2.24, 2.45) is 26.0 Å². The van der Waals surface area contributed by atoms with Gasteiger partial charge in [0.1, 0.15) is 0 Å². The van der Waals surface area contributed by atoms with E-state index in [9.17, 15) is 0 Å². The van der Waals surface area contributed by atoms with Gasteiger partial charge in [-0.1, -0.05) is 79.0 Å². The Morgan fingerprint density at radius 3 is 2.31 bits per heavy atom. The zero-order chi connectivity index (χ0) is 20.4. The lowest BCUT2D eigenvalue weighted by Gasteiger charge is -2.00. The molecule has 1 aromatic rings. The fourth-order valence-electron chi connectivity index (χ4n) is 1.93. The SMILES string of the molecule is N#CC1=C/C=C\C=C/C=C\C=Cc2ccccc2O/N=N\N=N/N=C\C=C/C=C\1. The maximum atomic E-state index is 9.10. The molecule has 0 saturated heterocycles. The highest BCUT2D eigenvalue weighted by molar-refractivity contribution is 5.71. The van der Waals surface area contributed by atoms with E-state index >= 15 is 0 Å². The number of allylic oxidation sites excluding steroid dienone is 13. The molecule has 0 radical (unpaired) electrons. The van der Waals surface area contributed by atoms with E-state index in [1.54, 1.807) is 42.5 Å². The minimum Gasteiger partial charge on any atom is -0.337 e. The highest BCUT2D eigenvalue weighted by atomic mass is 16.6. The van der Waals surface area contributed by atoms with Crippen LogP contribution in [0.2, 0.25) is 0 Å². The van der Waals surface area contributed by atoms with E-state index in [2.05, 4.69) is 32.1 Å². The summed E-state index contributed by atoms with van der Waals surface area (Å²) in [5.74, 6) is 0.534. The average molecular weight is 382 g/mol. The minimum atomic E-state index is 0.520. The lowest BCUT2D eigenvalue weighted by Crippen LogP contribution is -1.84. The van der Waals surface area contributed by atoms with Crippen molar-refractivity contribution in [2.45, 2.75) is 0 Å². The van der Waals surface area contributed by atoms with Gasteiger partial charge < -0.3 is 4.84 Å². The van der Waals surface area contributed by atoms with Gasteiger partial charge in [-0.05, 0) is 34.7 Å². The lowest BCUT2D eigenvalue weighted by atomic mass is 10.2. The third kappa shape index (κ3) is 9.17. The number of para-hydroxylation sites is 1. The summed E-state index contributed by atoms with van der Waals surface area (Å²) in [6, 6.07) is 9.49. The Labute approximate surface area is 169 Å². The van der Waals surface area contributed by atoms with E-state index in [1.165, 1.54) is 6.21 Å². The first-order valence-corrected chi connectivity index (χ1v) is 8.61. The highest BCUT2D eigenvalue weighted by Gasteiger charge is 1.98. The monoisotopic (exact) mass is 382 g/mol. The zero-order valence-electron chi connectivity index (χ0n) is 15.5. The Balaban J connectivity index is 2.19. The molecule has 0 unspecified atom stereocenters. The van der Waals surface area contributed by atoms with Crippen LogP contribution in [0.5, 0.6) is 5.75 Å². The van der Waals surface area contributed by atoms with Gasteiger partial charge in [-0.3, -0.25) is 0 Å². The summed E-state index contributed by atoms with van der Waals surface area (Å²) in [7, 11) is 0. The van der Waals surface area contributed by atoms with Gasteiger partial charge >= 0.3 is 0 Å². The smallest absolute Gasteiger partial charge is 0.167 e. The Hall–Kier alpha value is -4.44. The molecule has 1 aliphatic rings. The molecule has 1 heterocycles. The van der Waals surface area contributed by atoms with Crippen molar-refractivity contribution in [1.29, 1.82) is 5.26 Å². The van der Waals surface area contributed by atoms with Crippen molar-refractivity contribution in [3.8, 4) is 11.8 Å². The van der Waals surface area contributed by atoms with Crippen LogP contribution in [0.3, 0.4) is 0 Å². The van der Waals surface area contributed by atoms with Gasteiger partial charge in [0, 0.05) is 10.8 Å². The van der Waals surface area contributed by atoms with Gasteiger partial charge in [-0.15, -0.1) is 5.10 Å². The number of hydrogen-bond donors (Lipinski definition) is 0. The number of hydrogen-bond acceptors (Lipinski definition) is 7. The molecule has 7 nitrogen and oxygen atoms in total. The topological polar surface area (TPSA) is 94.8 Å². The molecule has 1 aromatic carbocycles. The Bertz CT molecular complexity index is 998. The Kier molecular flexibility index (Phi) is 9.87. The number of nitriles is 1. The number of rotatable bonds is 0. The summed E-state index contributed by atoms with van der Waals surface area (Å²) in [4.78, 5) is 5.23. The van der Waals surface area contributed by atoms with E-state index in [0.29, 0.717) is 11.3 Å². The standard InChI is InChI=1S/C22H18N6O/c23-19-20-13-7-4-2-1-3-5-9-15-21-16-10-11-17-22(21)29-28-27-26-25-24-18-12-6-8-14-20/h1-18H/b2-1-,5-3-,7-4-,12-6-,14-8-,15-9?,20-13+,24-18-,26-25-,28-27-. The largest absolute Gasteiger partial charge is 0.337 e. The normalized spacial score (nSPS) is 25.4. The molecule has 0 fully saturated rings. The van der Waals surface area contributed by atoms with Crippen molar-refractivity contribution in [3.63, 3.8) is 0 Å². The van der Waals surface area contributed by atoms with Gasteiger partial charge in [-0.2, -0.15) is 5.26 Å². The van der Waals surface area contributed by atoms with Crippen LogP contribution < -0.4 is 4.84 Å².